The van der Waals surface area contributed by atoms with Crippen molar-refractivity contribution in [1.29, 1.82) is 0 Å². The normalized spacial score (nSPS) is 21.1. The lowest BCUT2D eigenvalue weighted by molar-refractivity contribution is -0.126. The first-order valence-electron chi connectivity index (χ1n) is 10.6. The molecule has 2 aliphatic heterocycles. The van der Waals surface area contributed by atoms with Gasteiger partial charge in [-0.2, -0.15) is 0 Å². The van der Waals surface area contributed by atoms with E-state index >= 15 is 0 Å². The Hall–Kier alpha value is -2.44. The number of fused-ring (bicyclic) bond motifs is 1. The Balaban J connectivity index is 1.29. The summed E-state index contributed by atoms with van der Waals surface area (Å²) in [7, 11) is 2.15. The van der Waals surface area contributed by atoms with Crippen molar-refractivity contribution in [2.45, 2.75) is 12.8 Å². The van der Waals surface area contributed by atoms with E-state index in [1.807, 2.05) is 42.5 Å². The van der Waals surface area contributed by atoms with Crippen molar-refractivity contribution in [1.82, 2.24) is 15.1 Å². The fourth-order valence-corrected chi connectivity index (χ4v) is 4.29. The van der Waals surface area contributed by atoms with Crippen molar-refractivity contribution >= 4 is 28.3 Å². The van der Waals surface area contributed by atoms with E-state index in [1.54, 1.807) is 4.90 Å². The van der Waals surface area contributed by atoms with Crippen LogP contribution in [-0.2, 0) is 9.59 Å². The van der Waals surface area contributed by atoms with Crippen LogP contribution in [0.3, 0.4) is 0 Å². The first-order chi connectivity index (χ1) is 14.1. The molecule has 0 radical (unpaired) electrons. The summed E-state index contributed by atoms with van der Waals surface area (Å²) in [6, 6.07) is 14.0. The van der Waals surface area contributed by atoms with Crippen LogP contribution in [-0.4, -0.2) is 74.5 Å². The summed E-state index contributed by atoms with van der Waals surface area (Å²) in [6.45, 7) is 6.56. The van der Waals surface area contributed by atoms with Gasteiger partial charge in [0.25, 0.3) is 0 Å². The summed E-state index contributed by atoms with van der Waals surface area (Å²) in [5, 5.41) is 5.21. The SMILES string of the molecule is CN1CCN(CCCNC(=O)[C@@H]2CC(=O)N(c3cccc4ccccc34)C2)CC1. The third-order valence-corrected chi connectivity index (χ3v) is 6.10. The molecule has 0 spiro atoms. The lowest BCUT2D eigenvalue weighted by Gasteiger charge is -2.32. The summed E-state index contributed by atoms with van der Waals surface area (Å²) in [4.78, 5) is 31.8. The Bertz CT molecular complexity index is 871. The number of carbonyl (C=O) groups excluding carboxylic acids is 2. The number of likely N-dealkylation sites (N-methyl/N-ethyl adjacent to an activating group) is 1. The molecule has 1 N–H and O–H groups in total. The Morgan fingerprint density at radius 2 is 1.83 bits per heavy atom. The van der Waals surface area contributed by atoms with E-state index in [-0.39, 0.29) is 24.2 Å². The van der Waals surface area contributed by atoms with Crippen LogP contribution in [0, 0.1) is 5.92 Å². The zero-order valence-corrected chi connectivity index (χ0v) is 17.1. The molecule has 0 bridgehead atoms. The molecule has 0 unspecified atom stereocenters. The van der Waals surface area contributed by atoms with Crippen LogP contribution in [0.15, 0.2) is 42.5 Å². The summed E-state index contributed by atoms with van der Waals surface area (Å²) in [5.74, 6) is -0.247. The maximum absolute atomic E-state index is 12.6. The molecule has 0 saturated carbocycles. The van der Waals surface area contributed by atoms with Crippen LogP contribution in [0.1, 0.15) is 12.8 Å². The minimum atomic E-state index is -0.273. The van der Waals surface area contributed by atoms with Gasteiger partial charge in [0.15, 0.2) is 0 Å². The first kappa shape index (κ1) is 19.9. The van der Waals surface area contributed by atoms with E-state index < -0.39 is 0 Å². The molecule has 1 atom stereocenters. The van der Waals surface area contributed by atoms with Gasteiger partial charge < -0.3 is 20.0 Å². The zero-order chi connectivity index (χ0) is 20.2. The lowest BCUT2D eigenvalue weighted by atomic mass is 10.1. The highest BCUT2D eigenvalue weighted by molar-refractivity contribution is 6.06. The van der Waals surface area contributed by atoms with Gasteiger partial charge in [0.2, 0.25) is 11.8 Å². The van der Waals surface area contributed by atoms with Gasteiger partial charge in [0, 0.05) is 51.1 Å². The lowest BCUT2D eigenvalue weighted by Crippen LogP contribution is -2.45. The number of carbonyl (C=O) groups is 2. The monoisotopic (exact) mass is 394 g/mol. The van der Waals surface area contributed by atoms with E-state index in [9.17, 15) is 9.59 Å². The van der Waals surface area contributed by atoms with Gasteiger partial charge in [-0.05, 0) is 31.5 Å². The second-order valence-corrected chi connectivity index (χ2v) is 8.19. The smallest absolute Gasteiger partial charge is 0.227 e. The van der Waals surface area contributed by atoms with Gasteiger partial charge >= 0.3 is 0 Å². The maximum Gasteiger partial charge on any atom is 0.227 e. The fourth-order valence-electron chi connectivity index (χ4n) is 4.29. The first-order valence-corrected chi connectivity index (χ1v) is 10.6. The predicted molar refractivity (Wildman–Crippen MR) is 116 cm³/mol. The summed E-state index contributed by atoms with van der Waals surface area (Å²) in [6.07, 6.45) is 1.23. The highest BCUT2D eigenvalue weighted by Crippen LogP contribution is 2.31. The molecule has 2 saturated heterocycles. The third kappa shape index (κ3) is 4.60. The van der Waals surface area contributed by atoms with Gasteiger partial charge in [0.1, 0.15) is 0 Å². The van der Waals surface area contributed by atoms with Crippen molar-refractivity contribution in [2.24, 2.45) is 5.92 Å². The fraction of sp³-hybridized carbons (Fsp3) is 0.478. The molecule has 2 heterocycles. The third-order valence-electron chi connectivity index (χ3n) is 6.10. The highest BCUT2D eigenvalue weighted by atomic mass is 16.2. The predicted octanol–water partition coefficient (Wildman–Crippen LogP) is 1.95. The van der Waals surface area contributed by atoms with E-state index in [2.05, 4.69) is 22.2 Å². The van der Waals surface area contributed by atoms with Crippen LogP contribution in [0.4, 0.5) is 5.69 Å². The molecule has 6 heteroatoms. The molecule has 2 aliphatic rings. The molecule has 29 heavy (non-hydrogen) atoms. The summed E-state index contributed by atoms with van der Waals surface area (Å²) >= 11 is 0. The van der Waals surface area contributed by atoms with Gasteiger partial charge in [-0.3, -0.25) is 9.59 Å². The Morgan fingerprint density at radius 1 is 1.07 bits per heavy atom. The average Bonchev–Trinajstić information content (AvgIpc) is 3.13. The van der Waals surface area contributed by atoms with Crippen molar-refractivity contribution in [3.63, 3.8) is 0 Å². The second kappa shape index (κ2) is 8.93. The van der Waals surface area contributed by atoms with Crippen molar-refractivity contribution in [3.05, 3.63) is 42.5 Å². The number of hydrogen-bond acceptors (Lipinski definition) is 4. The molecule has 2 aromatic rings. The minimum absolute atomic E-state index is 0.000496. The highest BCUT2D eigenvalue weighted by Gasteiger charge is 2.35. The number of nitrogens with zero attached hydrogens (tertiary/aromatic N) is 3. The van der Waals surface area contributed by atoms with Crippen LogP contribution < -0.4 is 10.2 Å². The number of benzene rings is 2. The Kier molecular flexibility index (Phi) is 6.11. The standard InChI is InChI=1S/C23H30N4O2/c1-25-12-14-26(15-13-25)11-5-10-24-23(29)19-16-22(28)27(17-19)21-9-4-7-18-6-2-3-8-20(18)21/h2-4,6-9,19H,5,10-17H2,1H3,(H,24,29)/t19-/m1/s1. The largest absolute Gasteiger partial charge is 0.356 e. The molecule has 154 valence electrons. The topological polar surface area (TPSA) is 55.9 Å². The van der Waals surface area contributed by atoms with E-state index in [4.69, 9.17) is 0 Å². The number of amides is 2. The molecule has 6 nitrogen and oxygen atoms in total. The molecule has 0 aliphatic carbocycles. The van der Waals surface area contributed by atoms with Gasteiger partial charge in [0.05, 0.1) is 11.6 Å². The number of piperazine rings is 1. The molecule has 4 rings (SSSR count). The van der Waals surface area contributed by atoms with Gasteiger partial charge in [-0.15, -0.1) is 0 Å². The van der Waals surface area contributed by atoms with Crippen LogP contribution in [0.5, 0.6) is 0 Å². The van der Waals surface area contributed by atoms with Crippen molar-refractivity contribution in [2.75, 3.05) is 57.8 Å². The number of hydrogen-bond donors (Lipinski definition) is 1. The van der Waals surface area contributed by atoms with Crippen LogP contribution in [0.2, 0.25) is 0 Å². The summed E-state index contributed by atoms with van der Waals surface area (Å²) in [5.41, 5.74) is 0.901. The summed E-state index contributed by atoms with van der Waals surface area (Å²) < 4.78 is 0. The maximum atomic E-state index is 12.6. The number of rotatable bonds is 6. The second-order valence-electron chi connectivity index (χ2n) is 8.19. The van der Waals surface area contributed by atoms with Gasteiger partial charge in [-0.25, -0.2) is 0 Å². The van der Waals surface area contributed by atoms with Gasteiger partial charge in [-0.1, -0.05) is 36.4 Å². The van der Waals surface area contributed by atoms with E-state index in [0.29, 0.717) is 13.1 Å². The van der Waals surface area contributed by atoms with Crippen molar-refractivity contribution < 1.29 is 9.59 Å². The van der Waals surface area contributed by atoms with E-state index in [0.717, 1.165) is 55.6 Å². The van der Waals surface area contributed by atoms with Crippen LogP contribution >= 0.6 is 0 Å². The average molecular weight is 395 g/mol. The minimum Gasteiger partial charge on any atom is -0.356 e. The molecular formula is C23H30N4O2. The number of anilines is 1. The van der Waals surface area contributed by atoms with Crippen molar-refractivity contribution in [3.8, 4) is 0 Å². The Morgan fingerprint density at radius 3 is 2.66 bits per heavy atom. The van der Waals surface area contributed by atoms with Crippen LogP contribution in [0.25, 0.3) is 10.8 Å². The van der Waals surface area contributed by atoms with E-state index in [1.165, 1.54) is 0 Å². The molecule has 0 aromatic heterocycles. The number of nitrogens with one attached hydrogen (secondary N) is 1. The Labute approximate surface area is 172 Å². The molecular weight excluding hydrogens is 364 g/mol. The zero-order valence-electron chi connectivity index (χ0n) is 17.1. The molecule has 2 aromatic carbocycles. The quantitative estimate of drug-likeness (QED) is 0.761. The molecule has 2 amide bonds. The molecule has 2 fully saturated rings.